The number of nitrogens with zero attached hydrogens (tertiary/aromatic N) is 1. The van der Waals surface area contributed by atoms with Crippen molar-refractivity contribution < 1.29 is 8.42 Å². The van der Waals surface area contributed by atoms with E-state index >= 15 is 0 Å². The summed E-state index contributed by atoms with van der Waals surface area (Å²) in [5.41, 5.74) is 2.37. The third kappa shape index (κ3) is 3.52. The molecule has 2 unspecified atom stereocenters. The summed E-state index contributed by atoms with van der Waals surface area (Å²) in [5.74, 6) is 0.509. The summed E-state index contributed by atoms with van der Waals surface area (Å²) in [4.78, 5) is 2.18. The molecule has 1 aromatic carbocycles. The Morgan fingerprint density at radius 3 is 2.55 bits per heavy atom. The summed E-state index contributed by atoms with van der Waals surface area (Å²) >= 11 is 0. The average molecular weight is 296 g/mol. The van der Waals surface area contributed by atoms with Crippen LogP contribution in [0, 0.1) is 0 Å². The summed E-state index contributed by atoms with van der Waals surface area (Å²) < 4.78 is 23.2. The Morgan fingerprint density at radius 2 is 2.00 bits per heavy atom. The zero-order valence-electron chi connectivity index (χ0n) is 12.5. The van der Waals surface area contributed by atoms with Crippen molar-refractivity contribution in [2.45, 2.75) is 32.9 Å². The molecular formula is C15H24N2O2S. The van der Waals surface area contributed by atoms with Crippen molar-refractivity contribution in [3.05, 3.63) is 29.8 Å². The highest BCUT2D eigenvalue weighted by atomic mass is 32.2. The van der Waals surface area contributed by atoms with Gasteiger partial charge in [-0.2, -0.15) is 0 Å². The molecule has 0 radical (unpaired) electrons. The highest BCUT2D eigenvalue weighted by molar-refractivity contribution is 7.91. The molecule has 1 fully saturated rings. The summed E-state index contributed by atoms with van der Waals surface area (Å²) in [6.45, 7) is 7.76. The Morgan fingerprint density at radius 1 is 1.35 bits per heavy atom. The maximum absolute atomic E-state index is 11.6. The molecule has 1 aliphatic rings. The van der Waals surface area contributed by atoms with Gasteiger partial charge in [0, 0.05) is 24.3 Å². The molecule has 2 rings (SSSR count). The normalized spacial score (nSPS) is 23.6. The molecule has 1 aromatic rings. The van der Waals surface area contributed by atoms with Gasteiger partial charge in [0.1, 0.15) is 0 Å². The standard InChI is InChI=1S/C15H24N2O2S/c1-4-16-13(3)14-5-7-15(8-6-14)17-9-10-20(18,19)11-12(17)2/h5-8,12-13,16H,4,9-11H2,1-3H3. The van der Waals surface area contributed by atoms with Gasteiger partial charge in [-0.25, -0.2) is 8.42 Å². The maximum Gasteiger partial charge on any atom is 0.154 e. The second kappa shape index (κ2) is 6.14. The zero-order valence-corrected chi connectivity index (χ0v) is 13.3. The molecule has 1 aliphatic heterocycles. The second-order valence-electron chi connectivity index (χ2n) is 5.53. The van der Waals surface area contributed by atoms with Gasteiger partial charge in [-0.15, -0.1) is 0 Å². The lowest BCUT2D eigenvalue weighted by Crippen LogP contribution is -2.47. The van der Waals surface area contributed by atoms with Gasteiger partial charge in [0.25, 0.3) is 0 Å². The molecular weight excluding hydrogens is 272 g/mol. The Kier molecular flexibility index (Phi) is 4.70. The monoisotopic (exact) mass is 296 g/mol. The van der Waals surface area contributed by atoms with E-state index < -0.39 is 9.84 Å². The van der Waals surface area contributed by atoms with E-state index in [2.05, 4.69) is 48.3 Å². The van der Waals surface area contributed by atoms with Gasteiger partial charge < -0.3 is 10.2 Å². The van der Waals surface area contributed by atoms with Crippen LogP contribution in [-0.2, 0) is 9.84 Å². The van der Waals surface area contributed by atoms with Crippen LogP contribution in [0.5, 0.6) is 0 Å². The zero-order chi connectivity index (χ0) is 14.8. The predicted molar refractivity (Wildman–Crippen MR) is 84.0 cm³/mol. The van der Waals surface area contributed by atoms with E-state index in [0.717, 1.165) is 12.2 Å². The third-order valence-corrected chi connectivity index (χ3v) is 5.70. The smallest absolute Gasteiger partial charge is 0.154 e. The number of anilines is 1. The lowest BCUT2D eigenvalue weighted by molar-refractivity contribution is 0.568. The minimum atomic E-state index is -2.85. The third-order valence-electron chi connectivity index (χ3n) is 3.91. The molecule has 5 heteroatoms. The Labute approximate surface area is 122 Å². The molecule has 0 aliphatic carbocycles. The first-order chi connectivity index (χ1) is 9.43. The second-order valence-corrected chi connectivity index (χ2v) is 7.76. The van der Waals surface area contributed by atoms with Crippen LogP contribution in [0.4, 0.5) is 5.69 Å². The van der Waals surface area contributed by atoms with Crippen LogP contribution in [0.1, 0.15) is 32.4 Å². The number of nitrogens with one attached hydrogen (secondary N) is 1. The first-order valence-electron chi connectivity index (χ1n) is 7.23. The van der Waals surface area contributed by atoms with Gasteiger partial charge in [0.2, 0.25) is 0 Å². The number of hydrogen-bond donors (Lipinski definition) is 1. The molecule has 1 N–H and O–H groups in total. The molecule has 1 heterocycles. The number of hydrogen-bond acceptors (Lipinski definition) is 4. The van der Waals surface area contributed by atoms with E-state index in [1.165, 1.54) is 5.56 Å². The van der Waals surface area contributed by atoms with E-state index in [9.17, 15) is 8.42 Å². The fourth-order valence-electron chi connectivity index (χ4n) is 2.76. The maximum atomic E-state index is 11.6. The van der Waals surface area contributed by atoms with Gasteiger partial charge in [0.15, 0.2) is 9.84 Å². The number of benzene rings is 1. The van der Waals surface area contributed by atoms with Gasteiger partial charge in [-0.05, 0) is 38.1 Å². The molecule has 4 nitrogen and oxygen atoms in total. The molecule has 0 amide bonds. The van der Waals surface area contributed by atoms with Crippen molar-refractivity contribution in [1.82, 2.24) is 5.32 Å². The molecule has 2 atom stereocenters. The summed E-state index contributed by atoms with van der Waals surface area (Å²) in [7, 11) is -2.85. The Hall–Kier alpha value is -1.07. The lowest BCUT2D eigenvalue weighted by atomic mass is 10.1. The summed E-state index contributed by atoms with van der Waals surface area (Å²) in [6.07, 6.45) is 0. The van der Waals surface area contributed by atoms with Gasteiger partial charge in [-0.3, -0.25) is 0 Å². The SMILES string of the molecule is CCNC(C)c1ccc(N2CCS(=O)(=O)CC2C)cc1. The van der Waals surface area contributed by atoms with Crippen molar-refractivity contribution >= 4 is 15.5 Å². The van der Waals surface area contributed by atoms with Crippen molar-refractivity contribution in [1.29, 1.82) is 0 Å². The molecule has 0 spiro atoms. The first kappa shape index (κ1) is 15.3. The Bertz CT molecular complexity index is 539. The van der Waals surface area contributed by atoms with Crippen LogP contribution in [0.2, 0.25) is 0 Å². The summed E-state index contributed by atoms with van der Waals surface area (Å²) in [6, 6.07) is 8.82. The van der Waals surface area contributed by atoms with Gasteiger partial charge >= 0.3 is 0 Å². The van der Waals surface area contributed by atoms with Gasteiger partial charge in [-0.1, -0.05) is 19.1 Å². The van der Waals surface area contributed by atoms with Crippen LogP contribution in [-0.4, -0.2) is 39.1 Å². The van der Waals surface area contributed by atoms with E-state index in [1.807, 2.05) is 6.92 Å². The number of sulfone groups is 1. The van der Waals surface area contributed by atoms with E-state index in [4.69, 9.17) is 0 Å². The van der Waals surface area contributed by atoms with Crippen molar-refractivity contribution in [3.63, 3.8) is 0 Å². The van der Waals surface area contributed by atoms with Gasteiger partial charge in [0.05, 0.1) is 11.5 Å². The Balaban J connectivity index is 2.10. The molecule has 0 aromatic heterocycles. The minimum Gasteiger partial charge on any atom is -0.367 e. The average Bonchev–Trinajstić information content (AvgIpc) is 2.38. The lowest BCUT2D eigenvalue weighted by Gasteiger charge is -2.35. The van der Waals surface area contributed by atoms with E-state index in [-0.39, 0.29) is 17.5 Å². The number of rotatable bonds is 4. The van der Waals surface area contributed by atoms with Crippen molar-refractivity contribution in [3.8, 4) is 0 Å². The minimum absolute atomic E-state index is 0.0470. The molecule has 1 saturated heterocycles. The largest absolute Gasteiger partial charge is 0.367 e. The topological polar surface area (TPSA) is 49.4 Å². The molecule has 0 bridgehead atoms. The van der Waals surface area contributed by atoms with E-state index in [0.29, 0.717) is 12.6 Å². The predicted octanol–water partition coefficient (Wildman–Crippen LogP) is 1.98. The quantitative estimate of drug-likeness (QED) is 0.923. The van der Waals surface area contributed by atoms with E-state index in [1.54, 1.807) is 0 Å². The first-order valence-corrected chi connectivity index (χ1v) is 9.05. The van der Waals surface area contributed by atoms with Crippen LogP contribution in [0.25, 0.3) is 0 Å². The van der Waals surface area contributed by atoms with Crippen LogP contribution >= 0.6 is 0 Å². The van der Waals surface area contributed by atoms with Crippen LogP contribution in [0.15, 0.2) is 24.3 Å². The highest BCUT2D eigenvalue weighted by Gasteiger charge is 2.28. The summed E-state index contributed by atoms with van der Waals surface area (Å²) in [5, 5.41) is 3.39. The molecule has 112 valence electrons. The fraction of sp³-hybridized carbons (Fsp3) is 0.600. The van der Waals surface area contributed by atoms with Crippen LogP contribution < -0.4 is 10.2 Å². The molecule has 0 saturated carbocycles. The van der Waals surface area contributed by atoms with Crippen molar-refractivity contribution in [2.75, 3.05) is 29.5 Å². The highest BCUT2D eigenvalue weighted by Crippen LogP contribution is 2.23. The van der Waals surface area contributed by atoms with Crippen molar-refractivity contribution in [2.24, 2.45) is 0 Å². The molecule has 20 heavy (non-hydrogen) atoms. The van der Waals surface area contributed by atoms with Crippen LogP contribution in [0.3, 0.4) is 0 Å². The fourth-order valence-corrected chi connectivity index (χ4v) is 4.32.